The van der Waals surface area contributed by atoms with Crippen LogP contribution in [0.2, 0.25) is 0 Å². The Morgan fingerprint density at radius 3 is 3.05 bits per heavy atom. The van der Waals surface area contributed by atoms with Crippen molar-refractivity contribution in [3.05, 3.63) is 10.9 Å². The van der Waals surface area contributed by atoms with E-state index in [2.05, 4.69) is 27.9 Å². The predicted octanol–water partition coefficient (Wildman–Crippen LogP) is 2.58. The highest BCUT2D eigenvalue weighted by atomic mass is 32.1. The van der Waals surface area contributed by atoms with E-state index in [1.165, 1.54) is 11.3 Å². The van der Waals surface area contributed by atoms with Gasteiger partial charge in [0.05, 0.1) is 5.39 Å². The van der Waals surface area contributed by atoms with Crippen molar-refractivity contribution < 1.29 is 5.11 Å². The van der Waals surface area contributed by atoms with E-state index in [-0.39, 0.29) is 6.61 Å². The number of rotatable bonds is 4. The molecule has 0 radical (unpaired) electrons. The number of aliphatic hydroxyl groups is 1. The number of thiophene rings is 1. The number of nitrogens with two attached hydrogens (primary N) is 1. The van der Waals surface area contributed by atoms with Crippen LogP contribution < -0.4 is 10.6 Å². The fourth-order valence-electron chi connectivity index (χ4n) is 3.09. The van der Waals surface area contributed by atoms with Crippen molar-refractivity contribution in [3.63, 3.8) is 0 Å². The lowest BCUT2D eigenvalue weighted by Gasteiger charge is -2.36. The van der Waals surface area contributed by atoms with Gasteiger partial charge in [-0.25, -0.2) is 4.98 Å². The maximum Gasteiger partial charge on any atom is 0.223 e. The van der Waals surface area contributed by atoms with Crippen molar-refractivity contribution in [2.75, 3.05) is 23.8 Å². The summed E-state index contributed by atoms with van der Waals surface area (Å²) < 4.78 is 0. The predicted molar refractivity (Wildman–Crippen MR) is 87.9 cm³/mol. The van der Waals surface area contributed by atoms with Crippen LogP contribution in [0.5, 0.6) is 0 Å². The molecule has 3 heterocycles. The molecule has 2 aromatic rings. The lowest BCUT2D eigenvalue weighted by molar-refractivity contribution is 0.262. The second-order valence-electron chi connectivity index (χ2n) is 5.55. The van der Waals surface area contributed by atoms with E-state index in [1.807, 2.05) is 0 Å². The minimum absolute atomic E-state index is 0.217. The van der Waals surface area contributed by atoms with Crippen LogP contribution in [0, 0.1) is 0 Å². The first-order chi connectivity index (χ1) is 10.2. The van der Waals surface area contributed by atoms with E-state index in [0.29, 0.717) is 12.0 Å². The molecule has 0 spiro atoms. The summed E-state index contributed by atoms with van der Waals surface area (Å²) in [4.78, 5) is 13.5. The van der Waals surface area contributed by atoms with Crippen molar-refractivity contribution in [2.45, 2.75) is 45.1 Å². The summed E-state index contributed by atoms with van der Waals surface area (Å²) in [7, 11) is 0. The molecule has 1 aliphatic heterocycles. The molecule has 21 heavy (non-hydrogen) atoms. The first-order valence-corrected chi connectivity index (χ1v) is 8.48. The summed E-state index contributed by atoms with van der Waals surface area (Å²) in [5.41, 5.74) is 5.91. The van der Waals surface area contributed by atoms with Gasteiger partial charge in [-0.1, -0.05) is 6.92 Å². The molecule has 3 rings (SSSR count). The van der Waals surface area contributed by atoms with Gasteiger partial charge < -0.3 is 15.7 Å². The van der Waals surface area contributed by atoms with Crippen LogP contribution in [0.15, 0.2) is 6.07 Å². The molecule has 1 fully saturated rings. The van der Waals surface area contributed by atoms with Crippen molar-refractivity contribution in [1.29, 1.82) is 0 Å². The van der Waals surface area contributed by atoms with Gasteiger partial charge in [-0.2, -0.15) is 4.98 Å². The monoisotopic (exact) mass is 306 g/mol. The molecule has 1 atom stereocenters. The Labute approximate surface area is 128 Å². The van der Waals surface area contributed by atoms with Crippen LogP contribution in [0.25, 0.3) is 10.2 Å². The zero-order valence-electron chi connectivity index (χ0n) is 12.4. The van der Waals surface area contributed by atoms with E-state index in [1.54, 1.807) is 11.3 Å². The number of aliphatic hydroxyl groups excluding tert-OH is 1. The largest absolute Gasteiger partial charge is 0.396 e. The van der Waals surface area contributed by atoms with E-state index in [9.17, 15) is 5.11 Å². The van der Waals surface area contributed by atoms with Gasteiger partial charge in [0.15, 0.2) is 0 Å². The topological polar surface area (TPSA) is 75.3 Å². The highest BCUT2D eigenvalue weighted by molar-refractivity contribution is 7.18. The van der Waals surface area contributed by atoms with Crippen LogP contribution >= 0.6 is 11.3 Å². The Hall–Kier alpha value is -1.40. The summed E-state index contributed by atoms with van der Waals surface area (Å²) in [6, 6.07) is 2.55. The quantitative estimate of drug-likeness (QED) is 0.908. The number of hydrogen-bond donors (Lipinski definition) is 2. The lowest BCUT2D eigenvalue weighted by Crippen LogP contribution is -2.40. The molecule has 5 nitrogen and oxygen atoms in total. The molecule has 6 heteroatoms. The van der Waals surface area contributed by atoms with Gasteiger partial charge >= 0.3 is 0 Å². The Morgan fingerprint density at radius 2 is 2.29 bits per heavy atom. The molecule has 114 valence electrons. The van der Waals surface area contributed by atoms with Crippen LogP contribution in [-0.4, -0.2) is 34.3 Å². The van der Waals surface area contributed by atoms with Crippen LogP contribution in [-0.2, 0) is 6.42 Å². The summed E-state index contributed by atoms with van der Waals surface area (Å²) in [5, 5.41) is 10.4. The standard InChI is InChI=1S/C15H22N4OS/c1-2-11-9-12-13(17-15(16)18-14(12)21-11)19-7-4-3-5-10(19)6-8-20/h9-10,20H,2-8H2,1H3,(H2,16,17,18). The second kappa shape index (κ2) is 6.15. The molecule has 0 amide bonds. The molecule has 0 aliphatic carbocycles. The molecule has 3 N–H and O–H groups in total. The maximum absolute atomic E-state index is 9.31. The zero-order chi connectivity index (χ0) is 14.8. The average molecular weight is 306 g/mol. The first-order valence-electron chi connectivity index (χ1n) is 7.66. The number of hydrogen-bond acceptors (Lipinski definition) is 6. The Balaban J connectivity index is 2.06. The van der Waals surface area contributed by atoms with Gasteiger partial charge in [-0.3, -0.25) is 0 Å². The van der Waals surface area contributed by atoms with Crippen molar-refractivity contribution in [3.8, 4) is 0 Å². The van der Waals surface area contributed by atoms with Gasteiger partial charge in [-0.05, 0) is 38.2 Å². The fourth-order valence-corrected chi connectivity index (χ4v) is 4.06. The Bertz CT molecular complexity index is 625. The number of piperidine rings is 1. The smallest absolute Gasteiger partial charge is 0.223 e. The van der Waals surface area contributed by atoms with Crippen LogP contribution in [0.1, 0.15) is 37.5 Å². The third kappa shape index (κ3) is 2.82. The SMILES string of the molecule is CCc1cc2c(N3CCCCC3CCO)nc(N)nc2s1. The lowest BCUT2D eigenvalue weighted by atomic mass is 9.99. The number of anilines is 2. The average Bonchev–Trinajstić information content (AvgIpc) is 2.90. The van der Waals surface area contributed by atoms with Gasteiger partial charge in [0.1, 0.15) is 10.6 Å². The second-order valence-corrected chi connectivity index (χ2v) is 6.66. The number of aryl methyl sites for hydroxylation is 1. The van der Waals surface area contributed by atoms with E-state index >= 15 is 0 Å². The van der Waals surface area contributed by atoms with Crippen molar-refractivity contribution in [1.82, 2.24) is 9.97 Å². The van der Waals surface area contributed by atoms with Gasteiger partial charge in [0.25, 0.3) is 0 Å². The normalized spacial score (nSPS) is 19.3. The van der Waals surface area contributed by atoms with E-state index < -0.39 is 0 Å². The molecular formula is C15H22N4OS. The Morgan fingerprint density at radius 1 is 1.43 bits per heavy atom. The summed E-state index contributed by atoms with van der Waals surface area (Å²) in [6.45, 7) is 3.35. The molecular weight excluding hydrogens is 284 g/mol. The van der Waals surface area contributed by atoms with Gasteiger partial charge in [0.2, 0.25) is 5.95 Å². The van der Waals surface area contributed by atoms with Crippen LogP contribution in [0.4, 0.5) is 11.8 Å². The highest BCUT2D eigenvalue weighted by Crippen LogP contribution is 2.35. The summed E-state index contributed by atoms with van der Waals surface area (Å²) in [5.74, 6) is 1.29. The third-order valence-electron chi connectivity index (χ3n) is 4.15. The first kappa shape index (κ1) is 14.5. The number of nitrogen functional groups attached to an aromatic ring is 1. The van der Waals surface area contributed by atoms with Gasteiger partial charge in [-0.15, -0.1) is 11.3 Å². The summed E-state index contributed by atoms with van der Waals surface area (Å²) >= 11 is 1.70. The molecule has 1 saturated heterocycles. The van der Waals surface area contributed by atoms with Crippen molar-refractivity contribution >= 4 is 33.3 Å². The molecule has 0 bridgehead atoms. The van der Waals surface area contributed by atoms with Gasteiger partial charge in [0, 0.05) is 24.1 Å². The zero-order valence-corrected chi connectivity index (χ0v) is 13.2. The summed E-state index contributed by atoms with van der Waals surface area (Å²) in [6.07, 6.45) is 5.28. The minimum Gasteiger partial charge on any atom is -0.396 e. The molecule has 0 aromatic carbocycles. The highest BCUT2D eigenvalue weighted by Gasteiger charge is 2.25. The molecule has 1 aliphatic rings. The Kier molecular flexibility index (Phi) is 4.26. The molecule has 0 saturated carbocycles. The molecule has 1 unspecified atom stereocenters. The fraction of sp³-hybridized carbons (Fsp3) is 0.600. The van der Waals surface area contributed by atoms with Crippen LogP contribution in [0.3, 0.4) is 0 Å². The van der Waals surface area contributed by atoms with E-state index in [0.717, 1.165) is 48.3 Å². The number of fused-ring (bicyclic) bond motifs is 1. The van der Waals surface area contributed by atoms with Crippen molar-refractivity contribution in [2.24, 2.45) is 0 Å². The number of aromatic nitrogens is 2. The maximum atomic E-state index is 9.31. The minimum atomic E-state index is 0.217. The van der Waals surface area contributed by atoms with E-state index in [4.69, 9.17) is 5.73 Å². The molecule has 2 aromatic heterocycles. The third-order valence-corrected chi connectivity index (χ3v) is 5.32. The number of nitrogens with zero attached hydrogens (tertiary/aromatic N) is 3.